The number of anilines is 1. The number of fused-ring (bicyclic) bond motifs is 1. The lowest BCUT2D eigenvalue weighted by molar-refractivity contribution is -0.136. The molecule has 0 radical (unpaired) electrons. The predicted octanol–water partition coefficient (Wildman–Crippen LogP) is 2.64. The molecule has 2 amide bonds. The first-order valence-corrected chi connectivity index (χ1v) is 12.0. The van der Waals surface area contributed by atoms with Crippen LogP contribution in [-0.4, -0.2) is 81.7 Å². The fraction of sp³-hybridized carbons (Fsp3) is 0.423. The molecule has 0 atom stereocenters. The fourth-order valence-corrected chi connectivity index (χ4v) is 4.33. The quantitative estimate of drug-likeness (QED) is 0.529. The molecule has 34 heavy (non-hydrogen) atoms. The molecule has 3 heterocycles. The largest absolute Gasteiger partial charge is 0.332 e. The summed E-state index contributed by atoms with van der Waals surface area (Å²) >= 11 is 0. The van der Waals surface area contributed by atoms with Gasteiger partial charge in [-0.15, -0.1) is 0 Å². The summed E-state index contributed by atoms with van der Waals surface area (Å²) < 4.78 is 2.04. The molecule has 2 aromatic heterocycles. The van der Waals surface area contributed by atoms with Gasteiger partial charge in [0.25, 0.3) is 0 Å². The second-order valence-corrected chi connectivity index (χ2v) is 8.93. The monoisotopic (exact) mass is 462 g/mol. The smallest absolute Gasteiger partial charge is 0.244 e. The third kappa shape index (κ3) is 6.21. The van der Waals surface area contributed by atoms with Gasteiger partial charge in [0, 0.05) is 57.3 Å². The maximum Gasteiger partial charge on any atom is 0.244 e. The van der Waals surface area contributed by atoms with Crippen molar-refractivity contribution in [3.05, 3.63) is 66.1 Å². The van der Waals surface area contributed by atoms with E-state index in [4.69, 9.17) is 0 Å². The molecule has 1 aliphatic rings. The van der Waals surface area contributed by atoms with Crippen molar-refractivity contribution in [3.63, 3.8) is 0 Å². The van der Waals surface area contributed by atoms with Gasteiger partial charge in [0.2, 0.25) is 11.8 Å². The Morgan fingerprint density at radius 3 is 2.50 bits per heavy atom. The Labute approximate surface area is 201 Å². The molecule has 4 rings (SSSR count). The van der Waals surface area contributed by atoms with Crippen LogP contribution in [0, 0.1) is 6.92 Å². The molecule has 8 nitrogen and oxygen atoms in total. The van der Waals surface area contributed by atoms with E-state index in [0.717, 1.165) is 61.7 Å². The molecule has 1 N–H and O–H groups in total. The summed E-state index contributed by atoms with van der Waals surface area (Å²) in [5.41, 5.74) is 3.82. The van der Waals surface area contributed by atoms with Crippen LogP contribution >= 0.6 is 0 Å². The number of aromatic nitrogens is 2. The number of piperazine rings is 1. The second-order valence-electron chi connectivity index (χ2n) is 8.93. The zero-order chi connectivity index (χ0) is 23.9. The minimum absolute atomic E-state index is 0.00980. The number of aryl methyl sites for hydroxylation is 1. The molecular formula is C26H34N6O2. The molecule has 0 spiro atoms. The minimum atomic E-state index is -0.159. The molecule has 180 valence electrons. The molecule has 3 aromatic rings. The van der Waals surface area contributed by atoms with Crippen LogP contribution in [0.4, 0.5) is 5.69 Å². The molecular weight excluding hydrogens is 428 g/mol. The van der Waals surface area contributed by atoms with Crippen molar-refractivity contribution < 1.29 is 9.59 Å². The van der Waals surface area contributed by atoms with Gasteiger partial charge in [-0.1, -0.05) is 31.2 Å². The van der Waals surface area contributed by atoms with Crippen molar-refractivity contribution in [2.24, 2.45) is 0 Å². The van der Waals surface area contributed by atoms with E-state index in [0.29, 0.717) is 13.1 Å². The zero-order valence-corrected chi connectivity index (χ0v) is 20.1. The summed E-state index contributed by atoms with van der Waals surface area (Å²) in [6, 6.07) is 13.7. The van der Waals surface area contributed by atoms with Crippen LogP contribution in [0.2, 0.25) is 0 Å². The molecule has 0 saturated carbocycles. The Morgan fingerprint density at radius 2 is 1.76 bits per heavy atom. The van der Waals surface area contributed by atoms with Crippen LogP contribution in [-0.2, 0) is 16.1 Å². The van der Waals surface area contributed by atoms with Crippen LogP contribution in [0.25, 0.3) is 5.65 Å². The standard InChI is InChI=1S/C26H34N6O2/c1-3-11-32(19-25(33)28-23-9-5-4-8-21(23)2)26(34)20-30-15-13-29(14-16-30)17-22-18-31-12-7-6-10-24(31)27-22/h4-10,12,18H,3,11,13-17,19-20H2,1-2H3,(H,28,33). The van der Waals surface area contributed by atoms with Gasteiger partial charge >= 0.3 is 0 Å². The van der Waals surface area contributed by atoms with Gasteiger partial charge in [0.15, 0.2) is 0 Å². The van der Waals surface area contributed by atoms with Gasteiger partial charge in [0.05, 0.1) is 18.8 Å². The van der Waals surface area contributed by atoms with Crippen LogP contribution < -0.4 is 5.32 Å². The van der Waals surface area contributed by atoms with Crippen LogP contribution in [0.1, 0.15) is 24.6 Å². The number of pyridine rings is 1. The van der Waals surface area contributed by atoms with Crippen molar-refractivity contribution in [2.75, 3.05) is 51.1 Å². The average molecular weight is 463 g/mol. The molecule has 0 bridgehead atoms. The number of amides is 2. The Morgan fingerprint density at radius 1 is 1.03 bits per heavy atom. The number of carbonyl (C=O) groups is 2. The van der Waals surface area contributed by atoms with Gasteiger partial charge in [-0.2, -0.15) is 0 Å². The van der Waals surface area contributed by atoms with Crippen molar-refractivity contribution in [2.45, 2.75) is 26.8 Å². The molecule has 1 aliphatic heterocycles. The van der Waals surface area contributed by atoms with E-state index in [2.05, 4.69) is 26.3 Å². The number of rotatable bonds is 9. The Kier molecular flexibility index (Phi) is 7.92. The van der Waals surface area contributed by atoms with Crippen LogP contribution in [0.5, 0.6) is 0 Å². The third-order valence-electron chi connectivity index (χ3n) is 6.22. The summed E-state index contributed by atoms with van der Waals surface area (Å²) in [6.07, 6.45) is 4.91. The number of nitrogens with one attached hydrogen (secondary N) is 1. The summed E-state index contributed by atoms with van der Waals surface area (Å²) in [6.45, 7) is 9.23. The molecule has 0 unspecified atom stereocenters. The van der Waals surface area contributed by atoms with Gasteiger partial charge < -0.3 is 14.6 Å². The SMILES string of the molecule is CCCN(CC(=O)Nc1ccccc1C)C(=O)CN1CCN(Cc2cn3ccccc3n2)CC1. The van der Waals surface area contributed by atoms with Gasteiger partial charge in [-0.05, 0) is 37.1 Å². The normalized spacial score (nSPS) is 14.9. The number of nitrogens with zero attached hydrogens (tertiary/aromatic N) is 5. The zero-order valence-electron chi connectivity index (χ0n) is 20.1. The van der Waals surface area contributed by atoms with Crippen molar-refractivity contribution in [1.29, 1.82) is 0 Å². The Bertz CT molecular complexity index is 1090. The highest BCUT2D eigenvalue weighted by Gasteiger charge is 2.23. The Hall–Kier alpha value is -3.23. The summed E-state index contributed by atoms with van der Waals surface area (Å²) in [5.74, 6) is -0.149. The number of hydrogen-bond donors (Lipinski definition) is 1. The average Bonchev–Trinajstić information content (AvgIpc) is 3.24. The molecule has 0 aliphatic carbocycles. The van der Waals surface area contributed by atoms with Gasteiger partial charge in [-0.3, -0.25) is 19.4 Å². The van der Waals surface area contributed by atoms with Gasteiger partial charge in [-0.25, -0.2) is 4.98 Å². The number of hydrogen-bond acceptors (Lipinski definition) is 5. The summed E-state index contributed by atoms with van der Waals surface area (Å²) in [4.78, 5) is 36.5. The first kappa shape index (κ1) is 23.9. The van der Waals surface area contributed by atoms with Crippen LogP contribution in [0.3, 0.4) is 0 Å². The topological polar surface area (TPSA) is 73.2 Å². The lowest BCUT2D eigenvalue weighted by Crippen LogP contribution is -2.50. The van der Waals surface area contributed by atoms with E-state index in [1.165, 1.54) is 0 Å². The lowest BCUT2D eigenvalue weighted by atomic mass is 10.2. The maximum atomic E-state index is 13.0. The van der Waals surface area contributed by atoms with E-state index in [1.54, 1.807) is 4.90 Å². The summed E-state index contributed by atoms with van der Waals surface area (Å²) in [5, 5.41) is 2.94. The molecule has 1 saturated heterocycles. The first-order valence-electron chi connectivity index (χ1n) is 12.0. The fourth-order valence-electron chi connectivity index (χ4n) is 4.33. The van der Waals surface area contributed by atoms with E-state index >= 15 is 0 Å². The van der Waals surface area contributed by atoms with E-state index < -0.39 is 0 Å². The summed E-state index contributed by atoms with van der Waals surface area (Å²) in [7, 11) is 0. The van der Waals surface area contributed by atoms with Crippen molar-refractivity contribution >= 4 is 23.1 Å². The maximum absolute atomic E-state index is 13.0. The molecule has 1 fully saturated rings. The highest BCUT2D eigenvalue weighted by molar-refractivity contribution is 5.95. The van der Waals surface area contributed by atoms with Crippen molar-refractivity contribution in [1.82, 2.24) is 24.1 Å². The number of para-hydroxylation sites is 1. The van der Waals surface area contributed by atoms with E-state index in [-0.39, 0.29) is 18.4 Å². The highest BCUT2D eigenvalue weighted by atomic mass is 16.2. The molecule has 1 aromatic carbocycles. The lowest BCUT2D eigenvalue weighted by Gasteiger charge is -2.35. The van der Waals surface area contributed by atoms with E-state index in [9.17, 15) is 9.59 Å². The Balaban J connectivity index is 1.25. The highest BCUT2D eigenvalue weighted by Crippen LogP contribution is 2.13. The van der Waals surface area contributed by atoms with E-state index in [1.807, 2.05) is 66.9 Å². The van der Waals surface area contributed by atoms with Gasteiger partial charge in [0.1, 0.15) is 5.65 Å². The number of imidazole rings is 1. The molecule has 8 heteroatoms. The minimum Gasteiger partial charge on any atom is -0.332 e. The first-order chi connectivity index (χ1) is 16.5. The van der Waals surface area contributed by atoms with Crippen LogP contribution in [0.15, 0.2) is 54.9 Å². The number of carbonyl (C=O) groups excluding carboxylic acids is 2. The number of benzene rings is 1. The second kappa shape index (κ2) is 11.3. The van der Waals surface area contributed by atoms with Crippen molar-refractivity contribution in [3.8, 4) is 0 Å². The predicted molar refractivity (Wildman–Crippen MR) is 134 cm³/mol. The third-order valence-corrected chi connectivity index (χ3v) is 6.22.